The van der Waals surface area contributed by atoms with E-state index in [1.54, 1.807) is 0 Å². The highest BCUT2D eigenvalue weighted by atomic mass is 15.2. The quantitative estimate of drug-likeness (QED) is 0.736. The second-order valence-electron chi connectivity index (χ2n) is 4.36. The van der Waals surface area contributed by atoms with Crippen molar-refractivity contribution in [2.24, 2.45) is 5.92 Å². The van der Waals surface area contributed by atoms with Crippen LogP contribution in [0.2, 0.25) is 0 Å². The molecule has 1 aliphatic heterocycles. The van der Waals surface area contributed by atoms with Crippen LogP contribution in [-0.2, 0) is 6.42 Å². The van der Waals surface area contributed by atoms with Crippen LogP contribution in [0.1, 0.15) is 12.5 Å². The van der Waals surface area contributed by atoms with E-state index in [1.165, 1.54) is 25.2 Å². The molecule has 2 N–H and O–H groups in total. The Morgan fingerprint density at radius 3 is 2.50 bits per heavy atom. The summed E-state index contributed by atoms with van der Waals surface area (Å²) in [4.78, 5) is 2.50. The van der Waals surface area contributed by atoms with Gasteiger partial charge < -0.3 is 10.6 Å². The minimum atomic E-state index is 0.853. The molecule has 1 aliphatic rings. The molecule has 1 fully saturated rings. The van der Waals surface area contributed by atoms with Gasteiger partial charge in [-0.25, -0.2) is 0 Å². The highest BCUT2D eigenvalue weighted by Crippen LogP contribution is 2.15. The fraction of sp³-hybridized carbons (Fsp3) is 0.500. The van der Waals surface area contributed by atoms with E-state index >= 15 is 0 Å². The lowest BCUT2D eigenvalue weighted by Gasteiger charge is -2.37. The summed E-state index contributed by atoms with van der Waals surface area (Å²) in [6.45, 7) is 6.04. The summed E-state index contributed by atoms with van der Waals surface area (Å²) in [6, 6.07) is 8.21. The molecule has 0 spiro atoms. The zero-order valence-corrected chi connectivity index (χ0v) is 8.74. The first-order valence-corrected chi connectivity index (χ1v) is 5.31. The highest BCUT2D eigenvalue weighted by Gasteiger charge is 2.21. The number of hydrogen-bond acceptors (Lipinski definition) is 2. The van der Waals surface area contributed by atoms with Gasteiger partial charge in [-0.3, -0.25) is 0 Å². The second-order valence-corrected chi connectivity index (χ2v) is 4.36. The van der Waals surface area contributed by atoms with Gasteiger partial charge in [0.15, 0.2) is 0 Å². The minimum Gasteiger partial charge on any atom is -0.399 e. The molecule has 0 aliphatic carbocycles. The number of anilines is 1. The van der Waals surface area contributed by atoms with Crippen molar-refractivity contribution in [2.75, 3.05) is 25.4 Å². The largest absolute Gasteiger partial charge is 0.399 e. The van der Waals surface area contributed by atoms with Crippen molar-refractivity contribution in [3.8, 4) is 0 Å². The predicted octanol–water partition coefficient (Wildman–Crippen LogP) is 1.76. The number of likely N-dealkylation sites (tertiary alicyclic amines) is 1. The lowest BCUT2D eigenvalue weighted by molar-refractivity contribution is 0.115. The Bertz CT molecular complexity index is 286. The number of hydrogen-bond donors (Lipinski definition) is 1. The molecule has 0 unspecified atom stereocenters. The molecule has 14 heavy (non-hydrogen) atoms. The van der Waals surface area contributed by atoms with Crippen LogP contribution in [0.5, 0.6) is 0 Å². The molecule has 1 saturated heterocycles. The summed E-state index contributed by atoms with van der Waals surface area (Å²) in [5.41, 5.74) is 7.87. The first kappa shape index (κ1) is 9.53. The molecule has 2 heteroatoms. The van der Waals surface area contributed by atoms with Crippen LogP contribution < -0.4 is 5.73 Å². The summed E-state index contributed by atoms with van der Waals surface area (Å²) in [5.74, 6) is 0.904. The Balaban J connectivity index is 1.78. The number of nitrogen functional groups attached to an aromatic ring is 1. The molecule has 0 amide bonds. The van der Waals surface area contributed by atoms with Gasteiger partial charge in [0.2, 0.25) is 0 Å². The number of rotatable bonds is 3. The van der Waals surface area contributed by atoms with Crippen molar-refractivity contribution >= 4 is 5.69 Å². The van der Waals surface area contributed by atoms with Gasteiger partial charge in [-0.1, -0.05) is 19.1 Å². The van der Waals surface area contributed by atoms with Gasteiger partial charge in [0.05, 0.1) is 0 Å². The number of benzene rings is 1. The van der Waals surface area contributed by atoms with Crippen molar-refractivity contribution in [1.82, 2.24) is 4.90 Å². The van der Waals surface area contributed by atoms with Gasteiger partial charge in [-0.05, 0) is 30.0 Å². The monoisotopic (exact) mass is 190 g/mol. The lowest BCUT2D eigenvalue weighted by atomic mass is 10.0. The molecule has 0 saturated carbocycles. The van der Waals surface area contributed by atoms with E-state index in [-0.39, 0.29) is 0 Å². The smallest absolute Gasteiger partial charge is 0.0314 e. The molecular weight excluding hydrogens is 172 g/mol. The number of nitrogens with zero attached hydrogens (tertiary/aromatic N) is 1. The van der Waals surface area contributed by atoms with Crippen molar-refractivity contribution in [1.29, 1.82) is 0 Å². The molecule has 2 rings (SSSR count). The number of nitrogens with two attached hydrogens (primary N) is 1. The first-order chi connectivity index (χ1) is 6.74. The normalized spacial score (nSPS) is 18.1. The van der Waals surface area contributed by atoms with Gasteiger partial charge in [0, 0.05) is 25.3 Å². The molecule has 1 aromatic rings. The van der Waals surface area contributed by atoms with Crippen LogP contribution in [0, 0.1) is 5.92 Å². The van der Waals surface area contributed by atoms with E-state index in [1.807, 2.05) is 12.1 Å². The topological polar surface area (TPSA) is 29.3 Å². The Morgan fingerprint density at radius 2 is 1.93 bits per heavy atom. The van der Waals surface area contributed by atoms with Gasteiger partial charge in [-0.15, -0.1) is 0 Å². The average Bonchev–Trinajstić information content (AvgIpc) is 2.13. The Hall–Kier alpha value is -1.02. The van der Waals surface area contributed by atoms with E-state index in [0.29, 0.717) is 0 Å². The molecule has 0 radical (unpaired) electrons. The molecule has 0 bridgehead atoms. The minimum absolute atomic E-state index is 0.853. The summed E-state index contributed by atoms with van der Waals surface area (Å²) < 4.78 is 0. The van der Waals surface area contributed by atoms with Crippen LogP contribution in [0.3, 0.4) is 0 Å². The average molecular weight is 190 g/mol. The maximum absolute atomic E-state index is 5.63. The standard InChI is InChI=1S/C12H18N2/c1-10-8-14(9-10)7-6-11-2-4-12(13)5-3-11/h2-5,10H,6-9,13H2,1H3. The van der Waals surface area contributed by atoms with E-state index in [4.69, 9.17) is 5.73 Å². The van der Waals surface area contributed by atoms with Gasteiger partial charge in [-0.2, -0.15) is 0 Å². The highest BCUT2D eigenvalue weighted by molar-refractivity contribution is 5.39. The summed E-state index contributed by atoms with van der Waals surface area (Å²) in [5, 5.41) is 0. The maximum Gasteiger partial charge on any atom is 0.0314 e. The zero-order valence-electron chi connectivity index (χ0n) is 8.74. The molecule has 0 atom stereocenters. The summed E-state index contributed by atoms with van der Waals surface area (Å²) in [6.07, 6.45) is 1.15. The van der Waals surface area contributed by atoms with Gasteiger partial charge >= 0.3 is 0 Å². The Morgan fingerprint density at radius 1 is 1.29 bits per heavy atom. The van der Waals surface area contributed by atoms with E-state index in [0.717, 1.165) is 18.0 Å². The Labute approximate surface area is 85.7 Å². The first-order valence-electron chi connectivity index (χ1n) is 5.31. The van der Waals surface area contributed by atoms with Crippen LogP contribution in [0.25, 0.3) is 0 Å². The maximum atomic E-state index is 5.63. The summed E-state index contributed by atoms with van der Waals surface area (Å²) >= 11 is 0. The third-order valence-corrected chi connectivity index (χ3v) is 2.84. The Kier molecular flexibility index (Phi) is 2.73. The fourth-order valence-electron chi connectivity index (χ4n) is 1.98. The van der Waals surface area contributed by atoms with Crippen molar-refractivity contribution < 1.29 is 0 Å². The molecule has 0 aromatic heterocycles. The molecular formula is C12H18N2. The van der Waals surface area contributed by atoms with Crippen molar-refractivity contribution in [2.45, 2.75) is 13.3 Å². The lowest BCUT2D eigenvalue weighted by Crippen LogP contribution is -2.45. The molecule has 1 aromatic carbocycles. The molecule has 76 valence electrons. The summed E-state index contributed by atoms with van der Waals surface area (Å²) in [7, 11) is 0. The zero-order chi connectivity index (χ0) is 9.97. The molecule has 1 heterocycles. The van der Waals surface area contributed by atoms with Crippen LogP contribution in [0.15, 0.2) is 24.3 Å². The second kappa shape index (κ2) is 4.01. The van der Waals surface area contributed by atoms with Crippen LogP contribution in [-0.4, -0.2) is 24.5 Å². The van der Waals surface area contributed by atoms with Crippen LogP contribution in [0.4, 0.5) is 5.69 Å². The van der Waals surface area contributed by atoms with E-state index in [9.17, 15) is 0 Å². The van der Waals surface area contributed by atoms with Crippen molar-refractivity contribution in [3.63, 3.8) is 0 Å². The molecule has 2 nitrogen and oxygen atoms in total. The van der Waals surface area contributed by atoms with Gasteiger partial charge in [0.25, 0.3) is 0 Å². The fourth-order valence-corrected chi connectivity index (χ4v) is 1.98. The third kappa shape index (κ3) is 2.26. The van der Waals surface area contributed by atoms with E-state index in [2.05, 4.69) is 24.0 Å². The predicted molar refractivity (Wildman–Crippen MR) is 60.2 cm³/mol. The van der Waals surface area contributed by atoms with E-state index < -0.39 is 0 Å². The SMILES string of the molecule is CC1CN(CCc2ccc(N)cc2)C1. The third-order valence-electron chi connectivity index (χ3n) is 2.84. The van der Waals surface area contributed by atoms with Crippen molar-refractivity contribution in [3.05, 3.63) is 29.8 Å². The van der Waals surface area contributed by atoms with Gasteiger partial charge in [0.1, 0.15) is 0 Å². The van der Waals surface area contributed by atoms with Crippen LogP contribution >= 0.6 is 0 Å².